The van der Waals surface area contributed by atoms with Gasteiger partial charge in [0.15, 0.2) is 0 Å². The highest BCUT2D eigenvalue weighted by molar-refractivity contribution is 9.10. The van der Waals surface area contributed by atoms with E-state index in [-0.39, 0.29) is 0 Å². The van der Waals surface area contributed by atoms with Crippen molar-refractivity contribution in [1.29, 1.82) is 0 Å². The third kappa shape index (κ3) is 4.23. The van der Waals surface area contributed by atoms with Gasteiger partial charge < -0.3 is 15.8 Å². The molecule has 0 atom stereocenters. The van der Waals surface area contributed by atoms with Crippen LogP contribution in [0.4, 0.5) is 5.69 Å². The van der Waals surface area contributed by atoms with Crippen molar-refractivity contribution in [2.75, 3.05) is 25.1 Å². The van der Waals surface area contributed by atoms with E-state index in [0.717, 1.165) is 34.8 Å². The maximum atomic E-state index is 5.70. The van der Waals surface area contributed by atoms with Gasteiger partial charge in [0.25, 0.3) is 0 Å². The summed E-state index contributed by atoms with van der Waals surface area (Å²) >= 11 is 8.45. The third-order valence-corrected chi connectivity index (χ3v) is 3.57. The first-order chi connectivity index (χ1) is 8.66. The number of anilines is 1. The van der Waals surface area contributed by atoms with E-state index in [9.17, 15) is 0 Å². The van der Waals surface area contributed by atoms with Crippen molar-refractivity contribution in [2.24, 2.45) is 11.7 Å². The third-order valence-electron chi connectivity index (χ3n) is 2.86. The molecule has 0 spiro atoms. The van der Waals surface area contributed by atoms with Crippen LogP contribution in [0.25, 0.3) is 0 Å². The fraction of sp³-hybridized carbons (Fsp3) is 0.462. The summed E-state index contributed by atoms with van der Waals surface area (Å²) in [5.74, 6) is 0.810. The minimum Gasteiger partial charge on any atom is -0.389 e. The van der Waals surface area contributed by atoms with Crippen molar-refractivity contribution in [1.82, 2.24) is 0 Å². The molecule has 0 saturated heterocycles. The number of rotatable bonds is 7. The fourth-order valence-corrected chi connectivity index (χ4v) is 2.20. The maximum absolute atomic E-state index is 5.70. The molecule has 1 saturated carbocycles. The zero-order valence-electron chi connectivity index (χ0n) is 10.1. The van der Waals surface area contributed by atoms with Gasteiger partial charge in [0.2, 0.25) is 0 Å². The molecule has 1 aliphatic carbocycles. The van der Waals surface area contributed by atoms with Crippen LogP contribution in [0.15, 0.2) is 22.7 Å². The SMILES string of the molecule is NC(=S)c1cc(Br)ccc1NCCOCC1CC1. The molecule has 5 heteroatoms. The van der Waals surface area contributed by atoms with E-state index >= 15 is 0 Å². The van der Waals surface area contributed by atoms with Crippen LogP contribution in [0.2, 0.25) is 0 Å². The molecule has 0 aromatic heterocycles. The fourth-order valence-electron chi connectivity index (χ4n) is 1.67. The second kappa shape index (κ2) is 6.50. The van der Waals surface area contributed by atoms with E-state index in [2.05, 4.69) is 21.2 Å². The molecule has 1 fully saturated rings. The molecule has 0 radical (unpaired) electrons. The lowest BCUT2D eigenvalue weighted by atomic mass is 10.2. The van der Waals surface area contributed by atoms with Crippen LogP contribution >= 0.6 is 28.1 Å². The molecule has 0 heterocycles. The molecular weight excluding hydrogens is 312 g/mol. The number of halogens is 1. The van der Waals surface area contributed by atoms with Gasteiger partial charge in [-0.05, 0) is 37.0 Å². The summed E-state index contributed by atoms with van der Waals surface area (Å²) in [5, 5.41) is 3.30. The molecule has 1 aliphatic rings. The van der Waals surface area contributed by atoms with E-state index in [0.29, 0.717) is 11.6 Å². The van der Waals surface area contributed by atoms with Crippen molar-refractivity contribution in [3.8, 4) is 0 Å². The molecule has 98 valence electrons. The Balaban J connectivity index is 1.81. The summed E-state index contributed by atoms with van der Waals surface area (Å²) in [5.41, 5.74) is 7.52. The van der Waals surface area contributed by atoms with Crippen molar-refractivity contribution >= 4 is 38.8 Å². The minimum absolute atomic E-state index is 0.401. The van der Waals surface area contributed by atoms with E-state index in [1.807, 2.05) is 18.2 Å². The molecule has 1 aromatic carbocycles. The monoisotopic (exact) mass is 328 g/mol. The lowest BCUT2D eigenvalue weighted by Gasteiger charge is -2.11. The molecule has 18 heavy (non-hydrogen) atoms. The summed E-state index contributed by atoms with van der Waals surface area (Å²) in [6.07, 6.45) is 2.65. The first kappa shape index (κ1) is 13.8. The van der Waals surface area contributed by atoms with Gasteiger partial charge in [-0.3, -0.25) is 0 Å². The van der Waals surface area contributed by atoms with Crippen molar-refractivity contribution in [2.45, 2.75) is 12.8 Å². The average molecular weight is 329 g/mol. The Bertz CT molecular complexity index is 435. The Morgan fingerprint density at radius 2 is 2.28 bits per heavy atom. The summed E-state index contributed by atoms with van der Waals surface area (Å²) in [6.45, 7) is 2.37. The summed E-state index contributed by atoms with van der Waals surface area (Å²) in [6, 6.07) is 5.87. The van der Waals surface area contributed by atoms with Crippen LogP contribution in [-0.4, -0.2) is 24.7 Å². The molecule has 0 aliphatic heterocycles. The lowest BCUT2D eigenvalue weighted by molar-refractivity contribution is 0.134. The highest BCUT2D eigenvalue weighted by Crippen LogP contribution is 2.28. The predicted molar refractivity (Wildman–Crippen MR) is 82.1 cm³/mol. The Kier molecular flexibility index (Phi) is 4.97. The number of hydrogen-bond acceptors (Lipinski definition) is 3. The minimum atomic E-state index is 0.401. The maximum Gasteiger partial charge on any atom is 0.106 e. The van der Waals surface area contributed by atoms with E-state index in [4.69, 9.17) is 22.7 Å². The zero-order chi connectivity index (χ0) is 13.0. The molecule has 0 amide bonds. The molecular formula is C13H17BrN2OS. The summed E-state index contributed by atoms with van der Waals surface area (Å²) < 4.78 is 6.54. The highest BCUT2D eigenvalue weighted by Gasteiger charge is 2.20. The summed E-state index contributed by atoms with van der Waals surface area (Å²) in [7, 11) is 0. The molecule has 3 N–H and O–H groups in total. The number of thiocarbonyl (C=S) groups is 1. The first-order valence-electron chi connectivity index (χ1n) is 6.08. The molecule has 2 rings (SSSR count). The Morgan fingerprint density at radius 1 is 1.50 bits per heavy atom. The molecule has 0 unspecified atom stereocenters. The Labute approximate surface area is 121 Å². The zero-order valence-corrected chi connectivity index (χ0v) is 12.5. The van der Waals surface area contributed by atoms with Gasteiger partial charge >= 0.3 is 0 Å². The van der Waals surface area contributed by atoms with Gasteiger partial charge in [-0.1, -0.05) is 28.1 Å². The van der Waals surface area contributed by atoms with Crippen LogP contribution < -0.4 is 11.1 Å². The molecule has 3 nitrogen and oxygen atoms in total. The van der Waals surface area contributed by atoms with Crippen molar-refractivity contribution in [3.63, 3.8) is 0 Å². The smallest absolute Gasteiger partial charge is 0.106 e. The van der Waals surface area contributed by atoms with Gasteiger partial charge in [0.1, 0.15) is 4.99 Å². The van der Waals surface area contributed by atoms with Gasteiger partial charge in [0.05, 0.1) is 6.61 Å². The second-order valence-corrected chi connectivity index (χ2v) is 5.85. The van der Waals surface area contributed by atoms with Gasteiger partial charge in [-0.25, -0.2) is 0 Å². The van der Waals surface area contributed by atoms with Gasteiger partial charge in [-0.2, -0.15) is 0 Å². The Morgan fingerprint density at radius 3 is 2.94 bits per heavy atom. The van der Waals surface area contributed by atoms with Crippen LogP contribution in [-0.2, 0) is 4.74 Å². The number of nitrogens with two attached hydrogens (primary N) is 1. The lowest BCUT2D eigenvalue weighted by Crippen LogP contribution is -2.16. The standard InChI is InChI=1S/C13H17BrN2OS/c14-10-3-4-12(11(7-10)13(15)18)16-5-6-17-8-9-1-2-9/h3-4,7,9,16H,1-2,5-6,8H2,(H2,15,18). The van der Waals surface area contributed by atoms with Crippen LogP contribution in [0.5, 0.6) is 0 Å². The predicted octanol–water partition coefficient (Wildman–Crippen LogP) is 2.92. The first-order valence-corrected chi connectivity index (χ1v) is 7.28. The van der Waals surface area contributed by atoms with Crippen LogP contribution in [0, 0.1) is 5.92 Å². The molecule has 0 bridgehead atoms. The van der Waals surface area contributed by atoms with Gasteiger partial charge in [-0.15, -0.1) is 0 Å². The number of ether oxygens (including phenoxy) is 1. The topological polar surface area (TPSA) is 47.3 Å². The largest absolute Gasteiger partial charge is 0.389 e. The highest BCUT2D eigenvalue weighted by atomic mass is 79.9. The van der Waals surface area contributed by atoms with Crippen LogP contribution in [0.3, 0.4) is 0 Å². The van der Waals surface area contributed by atoms with Crippen molar-refractivity contribution < 1.29 is 4.74 Å². The normalized spacial score (nSPS) is 14.5. The Hall–Kier alpha value is -0.650. The quantitative estimate of drug-likeness (QED) is 0.596. The van der Waals surface area contributed by atoms with E-state index in [1.54, 1.807) is 0 Å². The second-order valence-electron chi connectivity index (χ2n) is 4.50. The number of nitrogens with one attached hydrogen (secondary N) is 1. The van der Waals surface area contributed by atoms with Crippen molar-refractivity contribution in [3.05, 3.63) is 28.2 Å². The van der Waals surface area contributed by atoms with Gasteiger partial charge in [0, 0.05) is 28.9 Å². The number of hydrogen-bond donors (Lipinski definition) is 2. The molecule has 1 aromatic rings. The average Bonchev–Trinajstić information content (AvgIpc) is 3.14. The van der Waals surface area contributed by atoms with E-state index in [1.165, 1.54) is 12.8 Å². The van der Waals surface area contributed by atoms with E-state index < -0.39 is 0 Å². The number of benzene rings is 1. The van der Waals surface area contributed by atoms with Crippen LogP contribution in [0.1, 0.15) is 18.4 Å². The summed E-state index contributed by atoms with van der Waals surface area (Å²) in [4.78, 5) is 0.401.